The van der Waals surface area contributed by atoms with Crippen LogP contribution in [-0.2, 0) is 13.1 Å². The van der Waals surface area contributed by atoms with Crippen molar-refractivity contribution in [2.75, 3.05) is 33.2 Å². The molecule has 2 aromatic heterocycles. The lowest BCUT2D eigenvalue weighted by Crippen LogP contribution is -2.52. The minimum absolute atomic E-state index is 0.370. The SMILES string of the molecule is CN=C(NCc1cc(C(C)C)no1)N1CCN(Cc2ccon2)CC1. The fourth-order valence-electron chi connectivity index (χ4n) is 2.85. The lowest BCUT2D eigenvalue weighted by Gasteiger charge is -2.36. The van der Waals surface area contributed by atoms with E-state index in [1.807, 2.05) is 19.2 Å². The van der Waals surface area contributed by atoms with Crippen molar-refractivity contribution >= 4 is 5.96 Å². The average molecular weight is 346 g/mol. The molecule has 3 heterocycles. The van der Waals surface area contributed by atoms with Crippen LogP contribution >= 0.6 is 0 Å². The number of aliphatic imine (C=N–C) groups is 1. The molecule has 0 atom stereocenters. The molecule has 0 amide bonds. The summed E-state index contributed by atoms with van der Waals surface area (Å²) in [5, 5.41) is 11.4. The molecule has 3 rings (SSSR count). The second kappa shape index (κ2) is 8.15. The average Bonchev–Trinajstić information content (AvgIpc) is 3.28. The Hall–Kier alpha value is -2.35. The van der Waals surface area contributed by atoms with Gasteiger partial charge in [0.2, 0.25) is 0 Å². The summed E-state index contributed by atoms with van der Waals surface area (Å²) >= 11 is 0. The van der Waals surface area contributed by atoms with Crippen LogP contribution in [0.2, 0.25) is 0 Å². The summed E-state index contributed by atoms with van der Waals surface area (Å²) in [5.74, 6) is 2.09. The van der Waals surface area contributed by atoms with E-state index in [9.17, 15) is 0 Å². The van der Waals surface area contributed by atoms with Gasteiger partial charge in [0.05, 0.1) is 17.9 Å². The van der Waals surface area contributed by atoms with Crippen LogP contribution < -0.4 is 5.32 Å². The van der Waals surface area contributed by atoms with E-state index >= 15 is 0 Å². The van der Waals surface area contributed by atoms with Gasteiger partial charge in [0.25, 0.3) is 0 Å². The van der Waals surface area contributed by atoms with Crippen molar-refractivity contribution in [3.05, 3.63) is 35.5 Å². The molecule has 0 unspecified atom stereocenters. The smallest absolute Gasteiger partial charge is 0.194 e. The Balaban J connectivity index is 1.47. The van der Waals surface area contributed by atoms with E-state index in [0.717, 1.165) is 55.8 Å². The Morgan fingerprint density at radius 2 is 2.08 bits per heavy atom. The maximum atomic E-state index is 5.37. The van der Waals surface area contributed by atoms with Crippen LogP contribution in [0, 0.1) is 0 Å². The lowest BCUT2D eigenvalue weighted by atomic mass is 10.1. The summed E-state index contributed by atoms with van der Waals surface area (Å²) in [7, 11) is 1.81. The lowest BCUT2D eigenvalue weighted by molar-refractivity contribution is 0.168. The van der Waals surface area contributed by atoms with Gasteiger partial charge in [-0.2, -0.15) is 0 Å². The molecule has 25 heavy (non-hydrogen) atoms. The highest BCUT2D eigenvalue weighted by molar-refractivity contribution is 5.79. The summed E-state index contributed by atoms with van der Waals surface area (Å²) in [5.41, 5.74) is 1.95. The predicted molar refractivity (Wildman–Crippen MR) is 94.1 cm³/mol. The normalized spacial score (nSPS) is 16.6. The first kappa shape index (κ1) is 17.5. The van der Waals surface area contributed by atoms with Gasteiger partial charge in [0.15, 0.2) is 11.7 Å². The van der Waals surface area contributed by atoms with Crippen LogP contribution in [0.15, 0.2) is 32.4 Å². The molecule has 1 saturated heterocycles. The summed E-state index contributed by atoms with van der Waals surface area (Å²) in [6.07, 6.45) is 1.62. The Labute approximate surface area is 147 Å². The van der Waals surface area contributed by atoms with Crippen molar-refractivity contribution in [3.63, 3.8) is 0 Å². The van der Waals surface area contributed by atoms with Gasteiger partial charge in [0.1, 0.15) is 6.26 Å². The summed E-state index contributed by atoms with van der Waals surface area (Å²) < 4.78 is 10.3. The van der Waals surface area contributed by atoms with Crippen molar-refractivity contribution in [1.29, 1.82) is 0 Å². The van der Waals surface area contributed by atoms with Gasteiger partial charge in [-0.05, 0) is 5.92 Å². The standard InChI is InChI=1S/C17H26N6O2/c1-13(2)16-10-15(25-21-16)11-19-17(18-3)23-7-5-22(6-8-23)12-14-4-9-24-20-14/h4,9-10,13H,5-8,11-12H2,1-3H3,(H,18,19). The number of aromatic nitrogens is 2. The van der Waals surface area contributed by atoms with Crippen LogP contribution in [0.1, 0.15) is 36.9 Å². The molecule has 0 saturated carbocycles. The largest absolute Gasteiger partial charge is 0.364 e. The van der Waals surface area contributed by atoms with Crippen molar-refractivity contribution < 1.29 is 9.05 Å². The summed E-state index contributed by atoms with van der Waals surface area (Å²) in [4.78, 5) is 9.02. The number of nitrogens with zero attached hydrogens (tertiary/aromatic N) is 5. The highest BCUT2D eigenvalue weighted by Gasteiger charge is 2.20. The Morgan fingerprint density at radius 1 is 1.28 bits per heavy atom. The third-order valence-corrected chi connectivity index (χ3v) is 4.35. The minimum Gasteiger partial charge on any atom is -0.364 e. The monoisotopic (exact) mass is 346 g/mol. The first-order chi connectivity index (χ1) is 12.2. The molecule has 136 valence electrons. The second-order valence-corrected chi connectivity index (χ2v) is 6.53. The van der Waals surface area contributed by atoms with Gasteiger partial charge in [-0.1, -0.05) is 24.2 Å². The van der Waals surface area contributed by atoms with Gasteiger partial charge >= 0.3 is 0 Å². The molecule has 0 spiro atoms. The molecule has 0 aliphatic carbocycles. The number of nitrogens with one attached hydrogen (secondary N) is 1. The van der Waals surface area contributed by atoms with E-state index in [1.165, 1.54) is 0 Å². The molecule has 8 nitrogen and oxygen atoms in total. The number of piperazine rings is 1. The van der Waals surface area contributed by atoms with E-state index < -0.39 is 0 Å². The maximum absolute atomic E-state index is 5.37. The van der Waals surface area contributed by atoms with Gasteiger partial charge < -0.3 is 19.3 Å². The Morgan fingerprint density at radius 3 is 2.68 bits per heavy atom. The van der Waals surface area contributed by atoms with Crippen LogP contribution in [0.5, 0.6) is 0 Å². The van der Waals surface area contributed by atoms with E-state index in [4.69, 9.17) is 9.05 Å². The van der Waals surface area contributed by atoms with E-state index in [0.29, 0.717) is 12.5 Å². The van der Waals surface area contributed by atoms with Crippen LogP contribution in [0.3, 0.4) is 0 Å². The van der Waals surface area contributed by atoms with E-state index in [2.05, 4.69) is 44.3 Å². The van der Waals surface area contributed by atoms with Gasteiger partial charge in [0, 0.05) is 51.9 Å². The molecule has 1 N–H and O–H groups in total. The molecule has 1 fully saturated rings. The number of rotatable bonds is 5. The molecular formula is C17H26N6O2. The van der Waals surface area contributed by atoms with Crippen molar-refractivity contribution in [2.24, 2.45) is 4.99 Å². The van der Waals surface area contributed by atoms with Gasteiger partial charge in [-0.25, -0.2) is 0 Å². The minimum atomic E-state index is 0.370. The van der Waals surface area contributed by atoms with Crippen LogP contribution in [0.25, 0.3) is 0 Å². The molecule has 8 heteroatoms. The molecular weight excluding hydrogens is 320 g/mol. The summed E-state index contributed by atoms with van der Waals surface area (Å²) in [6.45, 7) is 9.40. The first-order valence-corrected chi connectivity index (χ1v) is 8.68. The quantitative estimate of drug-likeness (QED) is 0.651. The van der Waals surface area contributed by atoms with Gasteiger partial charge in [-0.3, -0.25) is 9.89 Å². The van der Waals surface area contributed by atoms with Crippen molar-refractivity contribution in [1.82, 2.24) is 25.4 Å². The zero-order valence-corrected chi connectivity index (χ0v) is 15.1. The fourth-order valence-corrected chi connectivity index (χ4v) is 2.85. The van der Waals surface area contributed by atoms with E-state index in [-0.39, 0.29) is 0 Å². The number of guanidine groups is 1. The van der Waals surface area contributed by atoms with Crippen LogP contribution in [0.4, 0.5) is 0 Å². The Kier molecular flexibility index (Phi) is 5.70. The van der Waals surface area contributed by atoms with Crippen molar-refractivity contribution in [2.45, 2.75) is 32.9 Å². The zero-order valence-electron chi connectivity index (χ0n) is 15.1. The third kappa shape index (κ3) is 4.60. The highest BCUT2D eigenvalue weighted by Crippen LogP contribution is 2.14. The molecule has 0 bridgehead atoms. The molecule has 1 aliphatic rings. The molecule has 0 radical (unpaired) electrons. The summed E-state index contributed by atoms with van der Waals surface area (Å²) in [6, 6.07) is 3.91. The van der Waals surface area contributed by atoms with E-state index in [1.54, 1.807) is 6.26 Å². The third-order valence-electron chi connectivity index (χ3n) is 4.35. The zero-order chi connectivity index (χ0) is 17.6. The van der Waals surface area contributed by atoms with Gasteiger partial charge in [-0.15, -0.1) is 0 Å². The maximum Gasteiger partial charge on any atom is 0.194 e. The number of hydrogen-bond donors (Lipinski definition) is 1. The predicted octanol–water partition coefficient (Wildman–Crippen LogP) is 1.68. The molecule has 0 aromatic carbocycles. The molecule has 1 aliphatic heterocycles. The highest BCUT2D eigenvalue weighted by atomic mass is 16.5. The number of hydrogen-bond acceptors (Lipinski definition) is 6. The topological polar surface area (TPSA) is 82.9 Å². The Bertz CT molecular complexity index is 671. The van der Waals surface area contributed by atoms with Crippen molar-refractivity contribution in [3.8, 4) is 0 Å². The molecule has 2 aromatic rings. The fraction of sp³-hybridized carbons (Fsp3) is 0.588. The first-order valence-electron chi connectivity index (χ1n) is 8.68. The van der Waals surface area contributed by atoms with Crippen LogP contribution in [-0.4, -0.2) is 59.3 Å². The second-order valence-electron chi connectivity index (χ2n) is 6.53.